The van der Waals surface area contributed by atoms with Gasteiger partial charge in [-0.25, -0.2) is 12.8 Å². The highest BCUT2D eigenvalue weighted by Gasteiger charge is 2.18. The van der Waals surface area contributed by atoms with Crippen molar-refractivity contribution in [1.82, 2.24) is 10.2 Å². The molecule has 164 valence electrons. The van der Waals surface area contributed by atoms with E-state index in [1.54, 1.807) is 0 Å². The summed E-state index contributed by atoms with van der Waals surface area (Å²) in [6, 6.07) is 15.2. The van der Waals surface area contributed by atoms with Crippen LogP contribution in [-0.2, 0) is 20.6 Å². The molecule has 0 radical (unpaired) electrons. The Morgan fingerprint density at radius 1 is 1.13 bits per heavy atom. The van der Waals surface area contributed by atoms with E-state index < -0.39 is 15.8 Å². The smallest absolute Gasteiger partial charge is 0.232 e. The zero-order valence-electron chi connectivity index (χ0n) is 16.7. The Balaban J connectivity index is 1.48. The lowest BCUT2D eigenvalue weighted by Crippen LogP contribution is -2.31. The van der Waals surface area contributed by atoms with Crippen LogP contribution in [0.3, 0.4) is 0 Å². The Morgan fingerprint density at radius 3 is 2.52 bits per heavy atom. The Bertz CT molecular complexity index is 1110. The number of benzene rings is 2. The highest BCUT2D eigenvalue weighted by Crippen LogP contribution is 2.28. The van der Waals surface area contributed by atoms with Crippen molar-refractivity contribution in [3.63, 3.8) is 0 Å². The van der Waals surface area contributed by atoms with Crippen molar-refractivity contribution >= 4 is 49.8 Å². The molecule has 0 spiro atoms. The summed E-state index contributed by atoms with van der Waals surface area (Å²) in [6.07, 6.45) is 1.48. The quantitative estimate of drug-likeness (QED) is 0.346. The molecule has 3 aromatic rings. The number of hydrogen-bond donors (Lipinski definition) is 1. The van der Waals surface area contributed by atoms with Gasteiger partial charge in [-0.15, -0.1) is 10.2 Å². The predicted molar refractivity (Wildman–Crippen MR) is 122 cm³/mol. The first-order valence-electron chi connectivity index (χ1n) is 9.34. The van der Waals surface area contributed by atoms with Gasteiger partial charge in [0, 0.05) is 18.7 Å². The number of anilines is 2. The maximum Gasteiger partial charge on any atom is 0.232 e. The average molecular weight is 481 g/mol. The van der Waals surface area contributed by atoms with Crippen LogP contribution >= 0.6 is 23.1 Å². The van der Waals surface area contributed by atoms with Crippen LogP contribution in [0.15, 0.2) is 58.9 Å². The van der Waals surface area contributed by atoms with Crippen molar-refractivity contribution in [2.24, 2.45) is 0 Å². The third-order valence-electron chi connectivity index (χ3n) is 4.14. The second kappa shape index (κ2) is 10.7. The standard InChI is InChI=1S/C20H21FN4O3S3/c1-31(27,28)25(17-11-9-16(21)10-12-17)13-5-8-18(26)22-19-23-24-20(30-19)29-14-15-6-3-2-4-7-15/h2-4,6-7,9-12H,5,8,13-14H2,1H3,(H,22,23,26). The summed E-state index contributed by atoms with van der Waals surface area (Å²) in [5.74, 6) is 0.0342. The first-order valence-corrected chi connectivity index (χ1v) is 13.0. The normalized spacial score (nSPS) is 11.3. The first kappa shape index (κ1) is 23.2. The van der Waals surface area contributed by atoms with Crippen LogP contribution in [0.2, 0.25) is 0 Å². The van der Waals surface area contributed by atoms with Crippen LogP contribution in [0.5, 0.6) is 0 Å². The number of nitrogens with one attached hydrogen (secondary N) is 1. The lowest BCUT2D eigenvalue weighted by Gasteiger charge is -2.22. The molecule has 1 N–H and O–H groups in total. The summed E-state index contributed by atoms with van der Waals surface area (Å²) in [7, 11) is -3.56. The number of rotatable bonds is 10. The van der Waals surface area contributed by atoms with Gasteiger partial charge < -0.3 is 5.32 Å². The number of amides is 1. The van der Waals surface area contributed by atoms with Crippen LogP contribution in [0.25, 0.3) is 0 Å². The zero-order chi connectivity index (χ0) is 22.3. The molecule has 0 aliphatic heterocycles. The lowest BCUT2D eigenvalue weighted by molar-refractivity contribution is -0.116. The van der Waals surface area contributed by atoms with Crippen molar-refractivity contribution in [3.05, 3.63) is 66.0 Å². The minimum Gasteiger partial charge on any atom is -0.301 e. The number of carbonyl (C=O) groups excluding carboxylic acids is 1. The van der Waals surface area contributed by atoms with Crippen molar-refractivity contribution in [2.75, 3.05) is 22.4 Å². The summed E-state index contributed by atoms with van der Waals surface area (Å²) >= 11 is 2.83. The van der Waals surface area contributed by atoms with Gasteiger partial charge in [-0.1, -0.05) is 53.4 Å². The van der Waals surface area contributed by atoms with Crippen LogP contribution in [0.4, 0.5) is 15.2 Å². The monoisotopic (exact) mass is 480 g/mol. The zero-order valence-corrected chi connectivity index (χ0v) is 19.1. The highest BCUT2D eigenvalue weighted by molar-refractivity contribution is 8.00. The Labute approximate surface area is 188 Å². The molecule has 3 rings (SSSR count). The molecule has 0 fully saturated rings. The largest absolute Gasteiger partial charge is 0.301 e. The van der Waals surface area contributed by atoms with Gasteiger partial charge >= 0.3 is 0 Å². The van der Waals surface area contributed by atoms with Gasteiger partial charge in [0.1, 0.15) is 5.82 Å². The van der Waals surface area contributed by atoms with Gasteiger partial charge in [0.25, 0.3) is 0 Å². The molecular weight excluding hydrogens is 459 g/mol. The van der Waals surface area contributed by atoms with Crippen LogP contribution in [-0.4, -0.2) is 37.3 Å². The number of hydrogen-bond acceptors (Lipinski definition) is 7. The number of sulfonamides is 1. The first-order chi connectivity index (χ1) is 14.8. The molecule has 31 heavy (non-hydrogen) atoms. The van der Waals surface area contributed by atoms with E-state index in [9.17, 15) is 17.6 Å². The van der Waals surface area contributed by atoms with E-state index in [1.165, 1.54) is 52.9 Å². The summed E-state index contributed by atoms with van der Waals surface area (Å²) in [6.45, 7) is 0.103. The van der Waals surface area contributed by atoms with Crippen molar-refractivity contribution in [3.8, 4) is 0 Å². The minimum absolute atomic E-state index is 0.103. The SMILES string of the molecule is CS(=O)(=O)N(CCCC(=O)Nc1nnc(SCc2ccccc2)s1)c1ccc(F)cc1. The van der Waals surface area contributed by atoms with Gasteiger partial charge in [0.2, 0.25) is 21.1 Å². The van der Waals surface area contributed by atoms with Crippen molar-refractivity contribution in [2.45, 2.75) is 22.9 Å². The van der Waals surface area contributed by atoms with E-state index in [1.807, 2.05) is 30.3 Å². The van der Waals surface area contributed by atoms with E-state index in [0.29, 0.717) is 17.2 Å². The molecule has 0 aliphatic carbocycles. The van der Waals surface area contributed by atoms with Crippen LogP contribution in [0, 0.1) is 5.82 Å². The predicted octanol–water partition coefficient (Wildman–Crippen LogP) is 4.15. The molecule has 1 aromatic heterocycles. The molecule has 0 atom stereocenters. The average Bonchev–Trinajstić information content (AvgIpc) is 3.18. The number of nitrogens with zero attached hydrogens (tertiary/aromatic N) is 3. The molecule has 7 nitrogen and oxygen atoms in total. The van der Waals surface area contributed by atoms with Crippen molar-refractivity contribution in [1.29, 1.82) is 0 Å². The van der Waals surface area contributed by atoms with Crippen LogP contribution in [0.1, 0.15) is 18.4 Å². The Hall–Kier alpha value is -2.50. The fraction of sp³-hybridized carbons (Fsp3) is 0.250. The molecule has 1 amide bonds. The number of aromatic nitrogens is 2. The summed E-state index contributed by atoms with van der Waals surface area (Å²) < 4.78 is 39.1. The van der Waals surface area contributed by atoms with E-state index in [4.69, 9.17) is 0 Å². The summed E-state index contributed by atoms with van der Waals surface area (Å²) in [5, 5.41) is 11.1. The Morgan fingerprint density at radius 2 is 1.84 bits per heavy atom. The fourth-order valence-corrected chi connectivity index (χ4v) is 5.39. The summed E-state index contributed by atoms with van der Waals surface area (Å²) in [5.41, 5.74) is 1.53. The van der Waals surface area contributed by atoms with E-state index >= 15 is 0 Å². The molecule has 0 aliphatic rings. The van der Waals surface area contributed by atoms with Crippen molar-refractivity contribution < 1.29 is 17.6 Å². The molecular formula is C20H21FN4O3S3. The van der Waals surface area contributed by atoms with Gasteiger partial charge in [-0.2, -0.15) is 0 Å². The van der Waals surface area contributed by atoms with Gasteiger partial charge in [-0.3, -0.25) is 9.10 Å². The van der Waals surface area contributed by atoms with Gasteiger partial charge in [0.15, 0.2) is 4.34 Å². The molecule has 0 unspecified atom stereocenters. The molecule has 11 heteroatoms. The highest BCUT2D eigenvalue weighted by atomic mass is 32.2. The molecule has 1 heterocycles. The number of thioether (sulfide) groups is 1. The second-order valence-corrected chi connectivity index (χ2v) is 10.7. The van der Waals surface area contributed by atoms with E-state index in [2.05, 4.69) is 15.5 Å². The summed E-state index contributed by atoms with van der Waals surface area (Å²) in [4.78, 5) is 12.2. The molecule has 0 saturated heterocycles. The third-order valence-corrected chi connectivity index (χ3v) is 7.38. The minimum atomic E-state index is -3.56. The molecule has 0 bridgehead atoms. The van der Waals surface area contributed by atoms with Gasteiger partial charge in [0.05, 0.1) is 11.9 Å². The van der Waals surface area contributed by atoms with Crippen LogP contribution < -0.4 is 9.62 Å². The molecule has 0 saturated carbocycles. The molecule has 2 aromatic carbocycles. The maximum atomic E-state index is 13.1. The lowest BCUT2D eigenvalue weighted by atomic mass is 10.2. The van der Waals surface area contributed by atoms with Gasteiger partial charge in [-0.05, 0) is 36.2 Å². The number of carbonyl (C=O) groups is 1. The van der Waals surface area contributed by atoms with E-state index in [0.717, 1.165) is 20.7 Å². The third kappa shape index (κ3) is 7.30. The topological polar surface area (TPSA) is 92.3 Å². The maximum absolute atomic E-state index is 13.1. The van der Waals surface area contributed by atoms with E-state index in [-0.39, 0.29) is 18.9 Å². The second-order valence-electron chi connectivity index (χ2n) is 6.61. The Kier molecular flexibility index (Phi) is 7.99. The number of halogens is 1. The fourth-order valence-electron chi connectivity index (χ4n) is 2.70.